The predicted molar refractivity (Wildman–Crippen MR) is 105 cm³/mol. The predicted octanol–water partition coefficient (Wildman–Crippen LogP) is 1.54. The molecule has 1 aromatic rings. The van der Waals surface area contributed by atoms with Gasteiger partial charge in [0.1, 0.15) is 0 Å². The molecule has 0 fully saturated rings. The van der Waals surface area contributed by atoms with E-state index in [1.807, 2.05) is 19.1 Å². The van der Waals surface area contributed by atoms with Crippen molar-refractivity contribution in [3.8, 4) is 0 Å². The molecule has 0 unspecified atom stereocenters. The highest BCUT2D eigenvalue weighted by Crippen LogP contribution is 2.06. The van der Waals surface area contributed by atoms with E-state index in [0.717, 1.165) is 31.0 Å². The Kier molecular flexibility index (Phi) is 10.5. The van der Waals surface area contributed by atoms with E-state index in [1.165, 1.54) is 19.3 Å². The summed E-state index contributed by atoms with van der Waals surface area (Å²) in [6.07, 6.45) is 4.84. The van der Waals surface area contributed by atoms with Gasteiger partial charge in [0.05, 0.1) is 13.1 Å². The molecule has 1 rings (SSSR count). The number of aliphatic imine (C=N–C) groups is 1. The molecule has 0 aromatic heterocycles. The molecule has 7 heteroatoms. The number of benzene rings is 1. The van der Waals surface area contributed by atoms with Crippen LogP contribution in [0.3, 0.4) is 0 Å². The molecule has 2 amide bonds. The van der Waals surface area contributed by atoms with Crippen molar-refractivity contribution in [2.24, 2.45) is 10.7 Å². The maximum atomic E-state index is 11.8. The first-order chi connectivity index (χ1) is 12.6. The van der Waals surface area contributed by atoms with Gasteiger partial charge >= 0.3 is 0 Å². The minimum atomic E-state index is -0.567. The van der Waals surface area contributed by atoms with Gasteiger partial charge in [-0.25, -0.2) is 4.99 Å². The SMILES string of the molecule is CCCCCCNC(=NCc1ccc(C(=O)NCC(N)=O)cc1)NCC. The zero-order valence-electron chi connectivity index (χ0n) is 15.8. The van der Waals surface area contributed by atoms with E-state index in [0.29, 0.717) is 12.1 Å². The van der Waals surface area contributed by atoms with Crippen LogP contribution in [0.5, 0.6) is 0 Å². The van der Waals surface area contributed by atoms with Crippen molar-refractivity contribution in [1.82, 2.24) is 16.0 Å². The molecule has 0 heterocycles. The zero-order valence-corrected chi connectivity index (χ0v) is 15.8. The standard InChI is InChI=1S/C19H31N5O2/c1-3-5-6-7-12-22-19(21-4-2)24-13-15-8-10-16(11-9-15)18(26)23-14-17(20)25/h8-11H,3-7,12-14H2,1-2H3,(H2,20,25)(H,23,26)(H2,21,22,24). The number of rotatable bonds is 11. The van der Waals surface area contributed by atoms with Gasteiger partial charge in [0.2, 0.25) is 5.91 Å². The fraction of sp³-hybridized carbons (Fsp3) is 0.526. The van der Waals surface area contributed by atoms with Crippen LogP contribution in [0.25, 0.3) is 0 Å². The second-order valence-corrected chi connectivity index (χ2v) is 6.03. The summed E-state index contributed by atoms with van der Waals surface area (Å²) in [5.41, 5.74) is 6.50. The number of nitrogens with zero attached hydrogens (tertiary/aromatic N) is 1. The number of hydrogen-bond acceptors (Lipinski definition) is 3. The summed E-state index contributed by atoms with van der Waals surface area (Å²) in [4.78, 5) is 27.1. The summed E-state index contributed by atoms with van der Waals surface area (Å²) in [5, 5.41) is 9.03. The van der Waals surface area contributed by atoms with Gasteiger partial charge in [-0.15, -0.1) is 0 Å². The van der Waals surface area contributed by atoms with Crippen LogP contribution in [0.15, 0.2) is 29.3 Å². The van der Waals surface area contributed by atoms with Gasteiger partial charge in [-0.05, 0) is 31.0 Å². The summed E-state index contributed by atoms with van der Waals surface area (Å²) in [7, 11) is 0. The minimum absolute atomic E-state index is 0.166. The molecule has 144 valence electrons. The van der Waals surface area contributed by atoms with E-state index in [2.05, 4.69) is 27.9 Å². The first-order valence-corrected chi connectivity index (χ1v) is 9.24. The average molecular weight is 361 g/mol. The Bertz CT molecular complexity index is 584. The molecular weight excluding hydrogens is 330 g/mol. The Labute approximate surface area is 155 Å². The molecular formula is C19H31N5O2. The first-order valence-electron chi connectivity index (χ1n) is 9.24. The molecule has 0 bridgehead atoms. The number of carbonyl (C=O) groups is 2. The normalized spacial score (nSPS) is 11.1. The second kappa shape index (κ2) is 12.7. The van der Waals surface area contributed by atoms with Crippen LogP contribution in [0.4, 0.5) is 0 Å². The summed E-state index contributed by atoms with van der Waals surface area (Å²) in [6, 6.07) is 7.14. The number of amides is 2. The van der Waals surface area contributed by atoms with Gasteiger partial charge in [-0.3, -0.25) is 9.59 Å². The highest BCUT2D eigenvalue weighted by atomic mass is 16.2. The number of nitrogens with one attached hydrogen (secondary N) is 3. The Morgan fingerprint density at radius 2 is 1.73 bits per heavy atom. The van der Waals surface area contributed by atoms with Crippen LogP contribution >= 0.6 is 0 Å². The molecule has 1 aromatic carbocycles. The van der Waals surface area contributed by atoms with E-state index in [4.69, 9.17) is 5.73 Å². The van der Waals surface area contributed by atoms with Gasteiger partial charge in [-0.2, -0.15) is 0 Å². The van der Waals surface area contributed by atoms with Crippen molar-refractivity contribution < 1.29 is 9.59 Å². The lowest BCUT2D eigenvalue weighted by Crippen LogP contribution is -2.37. The molecule has 0 atom stereocenters. The van der Waals surface area contributed by atoms with Crippen LogP contribution < -0.4 is 21.7 Å². The molecule has 0 aliphatic heterocycles. The van der Waals surface area contributed by atoms with E-state index in [9.17, 15) is 9.59 Å². The van der Waals surface area contributed by atoms with E-state index < -0.39 is 5.91 Å². The average Bonchev–Trinajstić information content (AvgIpc) is 2.64. The van der Waals surface area contributed by atoms with Crippen LogP contribution in [-0.4, -0.2) is 37.4 Å². The number of primary amides is 1. The highest BCUT2D eigenvalue weighted by Gasteiger charge is 2.06. The van der Waals surface area contributed by atoms with Crippen LogP contribution in [0.1, 0.15) is 55.5 Å². The monoisotopic (exact) mass is 361 g/mol. The van der Waals surface area contributed by atoms with Gasteiger partial charge < -0.3 is 21.7 Å². The first kappa shape index (κ1) is 21.5. The Balaban J connectivity index is 2.52. The maximum absolute atomic E-state index is 11.8. The number of unbranched alkanes of at least 4 members (excludes halogenated alkanes) is 3. The molecule has 5 N–H and O–H groups in total. The van der Waals surface area contributed by atoms with Crippen LogP contribution in [0, 0.1) is 0 Å². The maximum Gasteiger partial charge on any atom is 0.251 e. The van der Waals surface area contributed by atoms with Crippen molar-refractivity contribution in [2.45, 2.75) is 46.1 Å². The largest absolute Gasteiger partial charge is 0.368 e. The van der Waals surface area contributed by atoms with E-state index >= 15 is 0 Å². The van der Waals surface area contributed by atoms with Gasteiger partial charge in [0.15, 0.2) is 5.96 Å². The van der Waals surface area contributed by atoms with Crippen LogP contribution in [0.2, 0.25) is 0 Å². The summed E-state index contributed by atoms with van der Waals surface area (Å²) >= 11 is 0. The third-order valence-corrected chi connectivity index (χ3v) is 3.73. The number of hydrogen-bond donors (Lipinski definition) is 4. The molecule has 0 aliphatic carbocycles. The lowest BCUT2D eigenvalue weighted by molar-refractivity contribution is -0.117. The van der Waals surface area contributed by atoms with Crippen molar-refractivity contribution in [2.75, 3.05) is 19.6 Å². The fourth-order valence-corrected chi connectivity index (χ4v) is 2.30. The lowest BCUT2D eigenvalue weighted by Gasteiger charge is -2.11. The number of carbonyl (C=O) groups excluding carboxylic acids is 2. The Morgan fingerprint density at radius 3 is 2.35 bits per heavy atom. The summed E-state index contributed by atoms with van der Waals surface area (Å²) in [5.74, 6) is -0.0873. The molecule has 7 nitrogen and oxygen atoms in total. The molecule has 0 saturated heterocycles. The summed E-state index contributed by atoms with van der Waals surface area (Å²) < 4.78 is 0. The van der Waals surface area contributed by atoms with Crippen LogP contribution in [-0.2, 0) is 11.3 Å². The van der Waals surface area contributed by atoms with Crippen molar-refractivity contribution in [1.29, 1.82) is 0 Å². The van der Waals surface area contributed by atoms with E-state index in [-0.39, 0.29) is 12.5 Å². The van der Waals surface area contributed by atoms with Crippen molar-refractivity contribution >= 4 is 17.8 Å². The van der Waals surface area contributed by atoms with Gasteiger partial charge in [0, 0.05) is 18.7 Å². The fourth-order valence-electron chi connectivity index (χ4n) is 2.30. The quantitative estimate of drug-likeness (QED) is 0.272. The summed E-state index contributed by atoms with van der Waals surface area (Å²) in [6.45, 7) is 6.30. The van der Waals surface area contributed by atoms with Gasteiger partial charge in [-0.1, -0.05) is 38.3 Å². The highest BCUT2D eigenvalue weighted by molar-refractivity contribution is 5.96. The molecule has 0 spiro atoms. The third-order valence-electron chi connectivity index (χ3n) is 3.73. The Hall–Kier alpha value is -2.57. The topological polar surface area (TPSA) is 109 Å². The smallest absolute Gasteiger partial charge is 0.251 e. The number of nitrogens with two attached hydrogens (primary N) is 1. The second-order valence-electron chi connectivity index (χ2n) is 6.03. The molecule has 0 radical (unpaired) electrons. The van der Waals surface area contributed by atoms with Crippen molar-refractivity contribution in [3.05, 3.63) is 35.4 Å². The van der Waals surface area contributed by atoms with Gasteiger partial charge in [0.25, 0.3) is 5.91 Å². The lowest BCUT2D eigenvalue weighted by atomic mass is 10.1. The van der Waals surface area contributed by atoms with Crippen molar-refractivity contribution in [3.63, 3.8) is 0 Å². The molecule has 0 saturated carbocycles. The minimum Gasteiger partial charge on any atom is -0.368 e. The zero-order chi connectivity index (χ0) is 19.2. The Morgan fingerprint density at radius 1 is 1.00 bits per heavy atom. The number of guanidine groups is 1. The van der Waals surface area contributed by atoms with E-state index in [1.54, 1.807) is 12.1 Å². The molecule has 0 aliphatic rings. The molecule has 26 heavy (non-hydrogen) atoms. The third kappa shape index (κ3) is 9.05.